The Kier molecular flexibility index (Phi) is 5.17. The van der Waals surface area contributed by atoms with Crippen LogP contribution in [0.3, 0.4) is 0 Å². The van der Waals surface area contributed by atoms with E-state index in [-0.39, 0.29) is 13.0 Å². The third-order valence-corrected chi connectivity index (χ3v) is 1.15. The minimum atomic E-state index is -0.777. The van der Waals surface area contributed by atoms with Gasteiger partial charge in [-0.3, -0.25) is 19.7 Å². The predicted molar refractivity (Wildman–Crippen MR) is 41.5 cm³/mol. The van der Waals surface area contributed by atoms with E-state index in [0.29, 0.717) is 0 Å². The van der Waals surface area contributed by atoms with Crippen molar-refractivity contribution in [2.24, 2.45) is 0 Å². The topological polar surface area (TPSA) is 98.5 Å². The molecule has 0 aromatic heterocycles. The van der Waals surface area contributed by atoms with Crippen molar-refractivity contribution in [3.8, 4) is 0 Å². The molecule has 0 rings (SSSR count). The standard InChI is InChI=1S/C6H10N2O5/c1-13-6(10)2-3-7-5(9)4-8(11)12/h2-4H2,1H3,(H,7,9). The van der Waals surface area contributed by atoms with Gasteiger partial charge >= 0.3 is 5.97 Å². The lowest BCUT2D eigenvalue weighted by Crippen LogP contribution is -2.31. The smallest absolute Gasteiger partial charge is 0.307 e. The maximum absolute atomic E-state index is 10.6. The number of carbonyl (C=O) groups excluding carboxylic acids is 2. The third-order valence-electron chi connectivity index (χ3n) is 1.15. The Hall–Kier alpha value is -1.66. The number of hydrogen-bond acceptors (Lipinski definition) is 5. The lowest BCUT2D eigenvalue weighted by molar-refractivity contribution is -0.467. The number of hydrogen-bond donors (Lipinski definition) is 1. The average molecular weight is 190 g/mol. The van der Waals surface area contributed by atoms with Crippen LogP contribution < -0.4 is 5.32 Å². The van der Waals surface area contributed by atoms with Crippen LogP contribution in [-0.4, -0.2) is 37.0 Å². The van der Waals surface area contributed by atoms with Crippen LogP contribution in [0.25, 0.3) is 0 Å². The number of methoxy groups -OCH3 is 1. The van der Waals surface area contributed by atoms with E-state index >= 15 is 0 Å². The zero-order valence-electron chi connectivity index (χ0n) is 7.11. The van der Waals surface area contributed by atoms with Gasteiger partial charge in [-0.15, -0.1) is 0 Å². The molecule has 1 amide bonds. The second-order valence-corrected chi connectivity index (χ2v) is 2.17. The summed E-state index contributed by atoms with van der Waals surface area (Å²) in [5.41, 5.74) is 0. The van der Waals surface area contributed by atoms with Gasteiger partial charge in [0, 0.05) is 11.5 Å². The molecular weight excluding hydrogens is 180 g/mol. The van der Waals surface area contributed by atoms with Crippen LogP contribution in [0.1, 0.15) is 6.42 Å². The van der Waals surface area contributed by atoms with Crippen LogP contribution in [-0.2, 0) is 14.3 Å². The zero-order chi connectivity index (χ0) is 10.3. The van der Waals surface area contributed by atoms with Gasteiger partial charge in [0.05, 0.1) is 13.5 Å². The Morgan fingerprint density at radius 2 is 2.15 bits per heavy atom. The molecular formula is C6H10N2O5. The fraction of sp³-hybridized carbons (Fsp3) is 0.667. The summed E-state index contributed by atoms with van der Waals surface area (Å²) in [5.74, 6) is -1.18. The van der Waals surface area contributed by atoms with Crippen molar-refractivity contribution in [2.45, 2.75) is 6.42 Å². The van der Waals surface area contributed by atoms with Crippen molar-refractivity contribution in [1.82, 2.24) is 5.32 Å². The Morgan fingerprint density at radius 3 is 2.62 bits per heavy atom. The third kappa shape index (κ3) is 6.73. The Labute approximate surface area is 74.2 Å². The monoisotopic (exact) mass is 190 g/mol. The molecule has 0 atom stereocenters. The lowest BCUT2D eigenvalue weighted by atomic mass is 10.4. The van der Waals surface area contributed by atoms with Crippen molar-refractivity contribution in [2.75, 3.05) is 20.2 Å². The number of amides is 1. The van der Waals surface area contributed by atoms with E-state index in [4.69, 9.17) is 0 Å². The van der Waals surface area contributed by atoms with Gasteiger partial charge in [0.1, 0.15) is 0 Å². The Morgan fingerprint density at radius 1 is 1.54 bits per heavy atom. The predicted octanol–water partition coefficient (Wildman–Crippen LogP) is -1.06. The van der Waals surface area contributed by atoms with Gasteiger partial charge in [-0.05, 0) is 0 Å². The number of nitrogens with one attached hydrogen (secondary N) is 1. The largest absolute Gasteiger partial charge is 0.469 e. The van der Waals surface area contributed by atoms with E-state index in [1.54, 1.807) is 0 Å². The summed E-state index contributed by atoms with van der Waals surface area (Å²) in [4.78, 5) is 30.2. The summed E-state index contributed by atoms with van der Waals surface area (Å²) in [6.45, 7) is -0.722. The molecule has 74 valence electrons. The van der Waals surface area contributed by atoms with Crippen LogP contribution in [0, 0.1) is 10.1 Å². The minimum Gasteiger partial charge on any atom is -0.469 e. The van der Waals surface area contributed by atoms with Gasteiger partial charge in [-0.2, -0.15) is 0 Å². The van der Waals surface area contributed by atoms with Crippen LogP contribution in [0.5, 0.6) is 0 Å². The molecule has 0 radical (unpaired) electrons. The molecule has 7 heteroatoms. The zero-order valence-corrected chi connectivity index (χ0v) is 7.11. The number of ether oxygens (including phenoxy) is 1. The van der Waals surface area contributed by atoms with E-state index < -0.39 is 23.3 Å². The first-order valence-electron chi connectivity index (χ1n) is 3.51. The first kappa shape index (κ1) is 11.3. The van der Waals surface area contributed by atoms with Crippen molar-refractivity contribution in [3.63, 3.8) is 0 Å². The SMILES string of the molecule is COC(=O)CCNC(=O)C[N+](=O)[O-]. The highest BCUT2D eigenvalue weighted by atomic mass is 16.6. The summed E-state index contributed by atoms with van der Waals surface area (Å²) in [7, 11) is 1.22. The molecule has 0 heterocycles. The fourth-order valence-electron chi connectivity index (χ4n) is 0.579. The molecule has 0 aromatic carbocycles. The molecule has 0 aromatic rings. The molecule has 0 spiro atoms. The van der Waals surface area contributed by atoms with E-state index in [9.17, 15) is 19.7 Å². The molecule has 1 N–H and O–H groups in total. The first-order valence-corrected chi connectivity index (χ1v) is 3.51. The van der Waals surface area contributed by atoms with E-state index in [1.165, 1.54) is 7.11 Å². The average Bonchev–Trinajstić information content (AvgIpc) is 2.02. The number of nitrogens with zero attached hydrogens (tertiary/aromatic N) is 1. The number of esters is 1. The van der Waals surface area contributed by atoms with E-state index in [0.717, 1.165) is 0 Å². The number of rotatable bonds is 5. The highest BCUT2D eigenvalue weighted by molar-refractivity contribution is 5.77. The van der Waals surface area contributed by atoms with Gasteiger partial charge in [0.2, 0.25) is 0 Å². The van der Waals surface area contributed by atoms with Crippen LogP contribution in [0.4, 0.5) is 0 Å². The second kappa shape index (κ2) is 5.92. The molecule has 0 fully saturated rings. The highest BCUT2D eigenvalue weighted by Crippen LogP contribution is 1.81. The van der Waals surface area contributed by atoms with Gasteiger partial charge in [-0.1, -0.05) is 0 Å². The molecule has 7 nitrogen and oxygen atoms in total. The summed E-state index contributed by atoms with van der Waals surface area (Å²) < 4.78 is 4.29. The molecule has 13 heavy (non-hydrogen) atoms. The van der Waals surface area contributed by atoms with Crippen molar-refractivity contribution in [1.29, 1.82) is 0 Å². The molecule has 0 bridgehead atoms. The molecule has 0 aliphatic carbocycles. The van der Waals surface area contributed by atoms with E-state index in [1.807, 2.05) is 0 Å². The molecule has 0 aliphatic rings. The Balaban J connectivity index is 3.48. The van der Waals surface area contributed by atoms with Crippen molar-refractivity contribution < 1.29 is 19.2 Å². The molecule has 0 unspecified atom stereocenters. The summed E-state index contributed by atoms with van der Waals surface area (Å²) in [6, 6.07) is 0. The van der Waals surface area contributed by atoms with Crippen molar-refractivity contribution >= 4 is 11.9 Å². The maximum atomic E-state index is 10.6. The second-order valence-electron chi connectivity index (χ2n) is 2.17. The van der Waals surface area contributed by atoms with Crippen molar-refractivity contribution in [3.05, 3.63) is 10.1 Å². The van der Waals surface area contributed by atoms with Crippen LogP contribution in [0.15, 0.2) is 0 Å². The molecule has 0 saturated carbocycles. The highest BCUT2D eigenvalue weighted by Gasteiger charge is 2.08. The van der Waals surface area contributed by atoms with Gasteiger partial charge in [0.25, 0.3) is 12.5 Å². The summed E-state index contributed by atoms with van der Waals surface area (Å²) in [6.07, 6.45) is 0.0138. The lowest BCUT2D eigenvalue weighted by Gasteiger charge is -2.00. The van der Waals surface area contributed by atoms with Gasteiger partial charge in [-0.25, -0.2) is 0 Å². The number of carbonyl (C=O) groups is 2. The number of nitro groups is 1. The van der Waals surface area contributed by atoms with Crippen LogP contribution >= 0.6 is 0 Å². The molecule has 0 aliphatic heterocycles. The summed E-state index contributed by atoms with van der Waals surface area (Å²) >= 11 is 0. The Bertz CT molecular complexity index is 215. The van der Waals surface area contributed by atoms with Gasteiger partial charge in [0.15, 0.2) is 0 Å². The normalized spacial score (nSPS) is 9.00. The molecule has 0 saturated heterocycles. The maximum Gasteiger partial charge on any atom is 0.307 e. The van der Waals surface area contributed by atoms with E-state index in [2.05, 4.69) is 10.1 Å². The quantitative estimate of drug-likeness (QED) is 0.338. The fourth-order valence-corrected chi connectivity index (χ4v) is 0.579. The first-order chi connectivity index (χ1) is 6.06. The van der Waals surface area contributed by atoms with Crippen LogP contribution in [0.2, 0.25) is 0 Å². The van der Waals surface area contributed by atoms with Gasteiger partial charge < -0.3 is 10.1 Å². The summed E-state index contributed by atoms with van der Waals surface area (Å²) in [5, 5.41) is 12.0. The minimum absolute atomic E-state index is 0.0138.